The second kappa shape index (κ2) is 7.98. The van der Waals surface area contributed by atoms with Crippen LogP contribution in [0.25, 0.3) is 0 Å². The summed E-state index contributed by atoms with van der Waals surface area (Å²) in [6.07, 6.45) is 1.95. The van der Waals surface area contributed by atoms with E-state index in [0.29, 0.717) is 6.61 Å². The Kier molecular flexibility index (Phi) is 7.89. The summed E-state index contributed by atoms with van der Waals surface area (Å²) in [4.78, 5) is 0. The molecule has 11 heavy (non-hydrogen) atoms. The number of nitrogens with two attached hydrogens (primary N) is 1. The molecule has 1 unspecified atom stereocenters. The highest BCUT2D eigenvalue weighted by Crippen LogP contribution is 1.90. The Labute approximate surface area is 68.9 Å². The first-order valence-corrected chi connectivity index (χ1v) is 4.13. The van der Waals surface area contributed by atoms with Gasteiger partial charge in [-0.2, -0.15) is 0 Å². The molecule has 0 spiro atoms. The van der Waals surface area contributed by atoms with Gasteiger partial charge in [-0.15, -0.1) is 0 Å². The van der Waals surface area contributed by atoms with Gasteiger partial charge < -0.3 is 15.2 Å². The quantitative estimate of drug-likeness (QED) is 0.561. The molecule has 0 bridgehead atoms. The van der Waals surface area contributed by atoms with Crippen LogP contribution in [0.15, 0.2) is 0 Å². The molecule has 3 nitrogen and oxygen atoms in total. The third-order valence-corrected chi connectivity index (χ3v) is 1.36. The van der Waals surface area contributed by atoms with Crippen LogP contribution in [0, 0.1) is 0 Å². The van der Waals surface area contributed by atoms with Crippen molar-refractivity contribution in [2.24, 2.45) is 5.73 Å². The molecule has 0 aromatic carbocycles. The van der Waals surface area contributed by atoms with E-state index >= 15 is 0 Å². The van der Waals surface area contributed by atoms with Crippen molar-refractivity contribution in [2.45, 2.75) is 25.8 Å². The molecule has 0 aromatic heterocycles. The first kappa shape index (κ1) is 10.9. The van der Waals surface area contributed by atoms with Crippen LogP contribution in [0.3, 0.4) is 0 Å². The molecule has 0 amide bonds. The Balaban J connectivity index is 2.97. The number of hydrogen-bond donors (Lipinski definition) is 1. The standard InChI is InChI=1S/C8H19NO2/c1-3-5-11-6-4-8(9)7-10-2/h8H,3-7,9H2,1-2H3. The van der Waals surface area contributed by atoms with Crippen molar-refractivity contribution in [3.63, 3.8) is 0 Å². The molecule has 3 heteroatoms. The van der Waals surface area contributed by atoms with Crippen LogP contribution in [0.1, 0.15) is 19.8 Å². The van der Waals surface area contributed by atoms with Crippen LogP contribution < -0.4 is 5.73 Å². The van der Waals surface area contributed by atoms with E-state index in [2.05, 4.69) is 6.92 Å². The Hall–Kier alpha value is -0.120. The molecule has 0 saturated heterocycles. The monoisotopic (exact) mass is 161 g/mol. The van der Waals surface area contributed by atoms with Crippen LogP contribution in [0.4, 0.5) is 0 Å². The van der Waals surface area contributed by atoms with Crippen LogP contribution in [0.5, 0.6) is 0 Å². The lowest BCUT2D eigenvalue weighted by atomic mass is 10.2. The van der Waals surface area contributed by atoms with Gasteiger partial charge in [0.05, 0.1) is 6.61 Å². The topological polar surface area (TPSA) is 44.5 Å². The van der Waals surface area contributed by atoms with Gasteiger partial charge >= 0.3 is 0 Å². The summed E-state index contributed by atoms with van der Waals surface area (Å²) >= 11 is 0. The van der Waals surface area contributed by atoms with Gasteiger partial charge in [0.25, 0.3) is 0 Å². The van der Waals surface area contributed by atoms with Crippen molar-refractivity contribution >= 4 is 0 Å². The summed E-state index contributed by atoms with van der Waals surface area (Å²) in [5.74, 6) is 0. The van der Waals surface area contributed by atoms with Gasteiger partial charge in [0.1, 0.15) is 0 Å². The lowest BCUT2D eigenvalue weighted by molar-refractivity contribution is 0.111. The zero-order valence-electron chi connectivity index (χ0n) is 7.51. The Bertz CT molecular complexity index is 78.5. The highest BCUT2D eigenvalue weighted by atomic mass is 16.5. The zero-order chi connectivity index (χ0) is 8.53. The van der Waals surface area contributed by atoms with E-state index in [0.717, 1.165) is 26.1 Å². The fraction of sp³-hybridized carbons (Fsp3) is 1.00. The van der Waals surface area contributed by atoms with Crippen molar-refractivity contribution < 1.29 is 9.47 Å². The minimum Gasteiger partial charge on any atom is -0.383 e. The van der Waals surface area contributed by atoms with Gasteiger partial charge in [0.15, 0.2) is 0 Å². The number of methoxy groups -OCH3 is 1. The molecule has 0 saturated carbocycles. The molecule has 0 aromatic rings. The maximum Gasteiger partial charge on any atom is 0.0614 e. The maximum absolute atomic E-state index is 5.66. The van der Waals surface area contributed by atoms with Gasteiger partial charge in [0.2, 0.25) is 0 Å². The van der Waals surface area contributed by atoms with E-state index in [9.17, 15) is 0 Å². The summed E-state index contributed by atoms with van der Waals surface area (Å²) in [7, 11) is 1.66. The van der Waals surface area contributed by atoms with E-state index < -0.39 is 0 Å². The predicted molar refractivity (Wildman–Crippen MR) is 45.6 cm³/mol. The smallest absolute Gasteiger partial charge is 0.0614 e. The average Bonchev–Trinajstić information content (AvgIpc) is 1.99. The van der Waals surface area contributed by atoms with Crippen molar-refractivity contribution in [1.82, 2.24) is 0 Å². The fourth-order valence-electron chi connectivity index (χ4n) is 0.779. The van der Waals surface area contributed by atoms with Gasteiger partial charge in [-0.25, -0.2) is 0 Å². The molecule has 0 aliphatic rings. The van der Waals surface area contributed by atoms with Gasteiger partial charge in [-0.05, 0) is 12.8 Å². The molecule has 0 radical (unpaired) electrons. The normalized spacial score (nSPS) is 13.4. The summed E-state index contributed by atoms with van der Waals surface area (Å²) in [6, 6.07) is 0.122. The largest absolute Gasteiger partial charge is 0.383 e. The Morgan fingerprint density at radius 1 is 1.36 bits per heavy atom. The molecule has 0 rings (SSSR count). The summed E-state index contributed by atoms with van der Waals surface area (Å²) in [5.41, 5.74) is 5.66. The van der Waals surface area contributed by atoms with E-state index in [1.807, 2.05) is 0 Å². The molecule has 0 heterocycles. The van der Waals surface area contributed by atoms with Crippen molar-refractivity contribution in [3.05, 3.63) is 0 Å². The Morgan fingerprint density at radius 3 is 2.64 bits per heavy atom. The van der Waals surface area contributed by atoms with Crippen molar-refractivity contribution in [3.8, 4) is 0 Å². The molecule has 1 atom stereocenters. The lowest BCUT2D eigenvalue weighted by Crippen LogP contribution is -2.27. The first-order valence-electron chi connectivity index (χ1n) is 4.13. The van der Waals surface area contributed by atoms with E-state index in [4.69, 9.17) is 15.2 Å². The van der Waals surface area contributed by atoms with Crippen LogP contribution in [-0.2, 0) is 9.47 Å². The zero-order valence-corrected chi connectivity index (χ0v) is 7.51. The van der Waals surface area contributed by atoms with E-state index in [1.165, 1.54) is 0 Å². The van der Waals surface area contributed by atoms with Crippen LogP contribution >= 0.6 is 0 Å². The van der Waals surface area contributed by atoms with Gasteiger partial charge in [-0.1, -0.05) is 6.92 Å². The SMILES string of the molecule is CCCOCCC(N)COC. The van der Waals surface area contributed by atoms with Gasteiger partial charge in [0, 0.05) is 26.4 Å². The highest BCUT2D eigenvalue weighted by molar-refractivity contribution is 4.57. The van der Waals surface area contributed by atoms with Crippen LogP contribution in [0.2, 0.25) is 0 Å². The predicted octanol–water partition coefficient (Wildman–Crippen LogP) is 0.777. The number of ether oxygens (including phenoxy) is 2. The summed E-state index contributed by atoms with van der Waals surface area (Å²) in [6.45, 7) is 4.29. The first-order chi connectivity index (χ1) is 5.31. The molecule has 0 fully saturated rings. The van der Waals surface area contributed by atoms with Crippen molar-refractivity contribution in [1.29, 1.82) is 0 Å². The lowest BCUT2D eigenvalue weighted by Gasteiger charge is -2.09. The summed E-state index contributed by atoms with van der Waals surface area (Å²) in [5, 5.41) is 0. The summed E-state index contributed by atoms with van der Waals surface area (Å²) < 4.78 is 10.1. The van der Waals surface area contributed by atoms with Crippen LogP contribution in [-0.4, -0.2) is 33.0 Å². The number of hydrogen-bond acceptors (Lipinski definition) is 3. The second-order valence-corrected chi connectivity index (χ2v) is 2.62. The molecular weight excluding hydrogens is 142 g/mol. The fourth-order valence-corrected chi connectivity index (χ4v) is 0.779. The molecule has 68 valence electrons. The highest BCUT2D eigenvalue weighted by Gasteiger charge is 1.99. The minimum absolute atomic E-state index is 0.122. The van der Waals surface area contributed by atoms with E-state index in [-0.39, 0.29) is 6.04 Å². The van der Waals surface area contributed by atoms with Crippen molar-refractivity contribution in [2.75, 3.05) is 26.9 Å². The van der Waals surface area contributed by atoms with E-state index in [1.54, 1.807) is 7.11 Å². The molecule has 2 N–H and O–H groups in total. The average molecular weight is 161 g/mol. The minimum atomic E-state index is 0.122. The number of rotatable bonds is 7. The van der Waals surface area contributed by atoms with Gasteiger partial charge in [-0.3, -0.25) is 0 Å². The third kappa shape index (κ3) is 7.78. The molecular formula is C8H19NO2. The molecule has 0 aliphatic heterocycles. The third-order valence-electron chi connectivity index (χ3n) is 1.36. The second-order valence-electron chi connectivity index (χ2n) is 2.62. The molecule has 0 aliphatic carbocycles. The maximum atomic E-state index is 5.66. The Morgan fingerprint density at radius 2 is 2.09 bits per heavy atom.